The van der Waals surface area contributed by atoms with E-state index in [9.17, 15) is 14.0 Å². The zero-order valence-corrected chi connectivity index (χ0v) is 10.9. The molecule has 5 nitrogen and oxygen atoms in total. The van der Waals surface area contributed by atoms with Crippen molar-refractivity contribution in [3.8, 4) is 0 Å². The smallest absolute Gasteiger partial charge is 0.251 e. The molecule has 1 fully saturated rings. The highest BCUT2D eigenvalue weighted by molar-refractivity contribution is 6.06. The van der Waals surface area contributed by atoms with Gasteiger partial charge in [0, 0.05) is 17.8 Å². The number of rotatable bonds is 2. The monoisotopic (exact) mass is 265 g/mol. The summed E-state index contributed by atoms with van der Waals surface area (Å²) >= 11 is 0. The lowest BCUT2D eigenvalue weighted by Crippen LogP contribution is -2.64. The van der Waals surface area contributed by atoms with Crippen LogP contribution in [-0.4, -0.2) is 23.9 Å². The number of benzene rings is 1. The quantitative estimate of drug-likeness (QED) is 0.765. The van der Waals surface area contributed by atoms with Crippen molar-refractivity contribution in [2.45, 2.75) is 25.9 Å². The summed E-state index contributed by atoms with van der Waals surface area (Å²) in [7, 11) is 0. The van der Waals surface area contributed by atoms with Gasteiger partial charge in [-0.2, -0.15) is 0 Å². The van der Waals surface area contributed by atoms with Gasteiger partial charge in [0.15, 0.2) is 0 Å². The van der Waals surface area contributed by atoms with E-state index in [4.69, 9.17) is 5.73 Å². The number of hydrogen-bond acceptors (Lipinski definition) is 4. The van der Waals surface area contributed by atoms with Crippen LogP contribution in [0.1, 0.15) is 19.4 Å². The average molecular weight is 265 g/mol. The van der Waals surface area contributed by atoms with E-state index in [-0.39, 0.29) is 13.1 Å². The van der Waals surface area contributed by atoms with Gasteiger partial charge >= 0.3 is 0 Å². The summed E-state index contributed by atoms with van der Waals surface area (Å²) in [6.45, 7) is 3.36. The maximum atomic E-state index is 13.8. The van der Waals surface area contributed by atoms with Gasteiger partial charge in [0.1, 0.15) is 11.4 Å². The number of halogens is 1. The first kappa shape index (κ1) is 13.5. The lowest BCUT2D eigenvalue weighted by atomic mass is 9.96. The highest BCUT2D eigenvalue weighted by Crippen LogP contribution is 2.30. The number of amides is 2. The number of nitrogens with two attached hydrogens (primary N) is 1. The summed E-state index contributed by atoms with van der Waals surface area (Å²) in [5.74, 6) is -1.25. The molecular weight excluding hydrogens is 249 g/mol. The number of imide groups is 1. The summed E-state index contributed by atoms with van der Waals surface area (Å²) in [5.41, 5.74) is 5.41. The molecule has 2 rings (SSSR count). The Labute approximate surface area is 110 Å². The van der Waals surface area contributed by atoms with Crippen LogP contribution in [-0.2, 0) is 16.1 Å². The van der Waals surface area contributed by atoms with Crippen molar-refractivity contribution in [3.05, 3.63) is 29.6 Å². The third-order valence-electron chi connectivity index (χ3n) is 3.37. The minimum absolute atomic E-state index is 0.00436. The molecule has 1 aliphatic rings. The van der Waals surface area contributed by atoms with E-state index in [1.165, 1.54) is 12.1 Å². The maximum absolute atomic E-state index is 13.8. The molecule has 1 aromatic rings. The predicted molar refractivity (Wildman–Crippen MR) is 68.9 cm³/mol. The van der Waals surface area contributed by atoms with E-state index in [0.29, 0.717) is 11.3 Å². The molecule has 0 spiro atoms. The van der Waals surface area contributed by atoms with Crippen LogP contribution in [0.3, 0.4) is 0 Å². The Morgan fingerprint density at radius 2 is 2.11 bits per heavy atom. The van der Waals surface area contributed by atoms with Gasteiger partial charge in [0.25, 0.3) is 5.91 Å². The second kappa shape index (κ2) is 4.62. The van der Waals surface area contributed by atoms with E-state index in [1.54, 1.807) is 24.8 Å². The van der Waals surface area contributed by atoms with Crippen LogP contribution in [0.2, 0.25) is 0 Å². The molecule has 2 amide bonds. The summed E-state index contributed by atoms with van der Waals surface area (Å²) in [6.07, 6.45) is 0. The maximum Gasteiger partial charge on any atom is 0.251 e. The third-order valence-corrected chi connectivity index (χ3v) is 3.37. The molecule has 0 aromatic heterocycles. The van der Waals surface area contributed by atoms with Crippen LogP contribution >= 0.6 is 0 Å². The Balaban J connectivity index is 2.53. The third kappa shape index (κ3) is 2.19. The first-order chi connectivity index (χ1) is 8.87. The zero-order valence-electron chi connectivity index (χ0n) is 10.9. The molecule has 3 N–H and O–H groups in total. The second-order valence-corrected chi connectivity index (χ2v) is 4.96. The molecule has 1 heterocycles. The molecule has 0 radical (unpaired) electrons. The second-order valence-electron chi connectivity index (χ2n) is 4.96. The molecule has 1 aliphatic heterocycles. The summed E-state index contributed by atoms with van der Waals surface area (Å²) in [6, 6.07) is 4.51. The molecule has 0 unspecified atom stereocenters. The van der Waals surface area contributed by atoms with Gasteiger partial charge in [-0.15, -0.1) is 0 Å². The van der Waals surface area contributed by atoms with Crippen molar-refractivity contribution >= 4 is 17.5 Å². The number of piperazine rings is 1. The fourth-order valence-corrected chi connectivity index (χ4v) is 2.17. The highest BCUT2D eigenvalue weighted by Gasteiger charge is 2.41. The van der Waals surface area contributed by atoms with Gasteiger partial charge in [-0.05, 0) is 26.0 Å². The SMILES string of the molecule is CC1(C)C(=O)NC(=O)CN1c1cccc(F)c1CN. The minimum Gasteiger partial charge on any atom is -0.348 e. The topological polar surface area (TPSA) is 75.4 Å². The summed E-state index contributed by atoms with van der Waals surface area (Å²) in [4.78, 5) is 25.0. The fraction of sp³-hybridized carbons (Fsp3) is 0.385. The Morgan fingerprint density at radius 1 is 1.42 bits per heavy atom. The molecule has 0 saturated carbocycles. The number of anilines is 1. The molecule has 0 atom stereocenters. The van der Waals surface area contributed by atoms with Crippen LogP contribution in [0.15, 0.2) is 18.2 Å². The molecule has 19 heavy (non-hydrogen) atoms. The van der Waals surface area contributed by atoms with Crippen LogP contribution in [0.5, 0.6) is 0 Å². The Kier molecular flexibility index (Phi) is 3.28. The van der Waals surface area contributed by atoms with Crippen LogP contribution in [0.4, 0.5) is 10.1 Å². The normalized spacial score (nSPS) is 18.4. The van der Waals surface area contributed by atoms with Crippen molar-refractivity contribution in [1.82, 2.24) is 5.32 Å². The van der Waals surface area contributed by atoms with Crippen molar-refractivity contribution in [1.29, 1.82) is 0 Å². The van der Waals surface area contributed by atoms with Crippen LogP contribution < -0.4 is 16.0 Å². The fourth-order valence-electron chi connectivity index (χ4n) is 2.17. The Bertz CT molecular complexity index is 543. The first-order valence-electron chi connectivity index (χ1n) is 5.97. The van der Waals surface area contributed by atoms with E-state index in [0.717, 1.165) is 0 Å². The highest BCUT2D eigenvalue weighted by atomic mass is 19.1. The molecular formula is C13H16FN3O2. The van der Waals surface area contributed by atoms with Gasteiger partial charge < -0.3 is 10.6 Å². The molecule has 0 aliphatic carbocycles. The van der Waals surface area contributed by atoms with E-state index < -0.39 is 23.2 Å². The van der Waals surface area contributed by atoms with Gasteiger partial charge in [-0.25, -0.2) is 4.39 Å². The molecule has 102 valence electrons. The van der Waals surface area contributed by atoms with E-state index in [1.807, 2.05) is 0 Å². The number of nitrogens with zero attached hydrogens (tertiary/aromatic N) is 1. The zero-order chi connectivity index (χ0) is 14.2. The van der Waals surface area contributed by atoms with Gasteiger partial charge in [0.05, 0.1) is 6.54 Å². The van der Waals surface area contributed by atoms with Crippen molar-refractivity contribution in [3.63, 3.8) is 0 Å². The van der Waals surface area contributed by atoms with E-state index in [2.05, 4.69) is 5.32 Å². The largest absolute Gasteiger partial charge is 0.348 e. The summed E-state index contributed by atoms with van der Waals surface area (Å²) in [5, 5.41) is 2.28. The van der Waals surface area contributed by atoms with Crippen molar-refractivity contribution in [2.75, 3.05) is 11.4 Å². The predicted octanol–water partition coefficient (Wildman–Crippen LogP) is 0.526. The van der Waals surface area contributed by atoms with Gasteiger partial charge in [-0.3, -0.25) is 14.9 Å². The standard InChI is InChI=1S/C13H16FN3O2/c1-13(2)12(19)16-11(18)7-17(13)10-5-3-4-9(14)8(10)6-15/h3-5H,6-7,15H2,1-2H3,(H,16,18,19). The number of carbonyl (C=O) groups is 2. The number of nitrogens with one attached hydrogen (secondary N) is 1. The molecule has 6 heteroatoms. The Hall–Kier alpha value is -1.95. The van der Waals surface area contributed by atoms with E-state index >= 15 is 0 Å². The van der Waals surface area contributed by atoms with Gasteiger partial charge in [-0.1, -0.05) is 6.07 Å². The van der Waals surface area contributed by atoms with Crippen molar-refractivity contribution < 1.29 is 14.0 Å². The molecule has 0 bridgehead atoms. The molecule has 1 aromatic carbocycles. The van der Waals surface area contributed by atoms with Crippen LogP contribution in [0, 0.1) is 5.82 Å². The van der Waals surface area contributed by atoms with Crippen LogP contribution in [0.25, 0.3) is 0 Å². The number of carbonyl (C=O) groups excluding carboxylic acids is 2. The lowest BCUT2D eigenvalue weighted by molar-refractivity contribution is -0.135. The number of hydrogen-bond donors (Lipinski definition) is 2. The summed E-state index contributed by atoms with van der Waals surface area (Å²) < 4.78 is 13.8. The average Bonchev–Trinajstić information content (AvgIpc) is 2.34. The lowest BCUT2D eigenvalue weighted by Gasteiger charge is -2.42. The van der Waals surface area contributed by atoms with Crippen molar-refractivity contribution in [2.24, 2.45) is 5.73 Å². The molecule has 1 saturated heterocycles. The van der Waals surface area contributed by atoms with Gasteiger partial charge in [0.2, 0.25) is 5.91 Å². The first-order valence-corrected chi connectivity index (χ1v) is 5.97. The minimum atomic E-state index is -0.939. The Morgan fingerprint density at radius 3 is 2.74 bits per heavy atom.